The van der Waals surface area contributed by atoms with E-state index < -0.39 is 11.8 Å². The van der Waals surface area contributed by atoms with Crippen LogP contribution in [0.4, 0.5) is 0 Å². The number of carbonyl (C=O) groups is 2. The Balaban J connectivity index is 1.58. The van der Waals surface area contributed by atoms with Crippen LogP contribution >= 0.6 is 11.3 Å². The summed E-state index contributed by atoms with van der Waals surface area (Å²) in [4.78, 5) is 24.3. The highest BCUT2D eigenvalue weighted by Crippen LogP contribution is 2.29. The molecule has 0 radical (unpaired) electrons. The summed E-state index contributed by atoms with van der Waals surface area (Å²) in [7, 11) is 0. The summed E-state index contributed by atoms with van der Waals surface area (Å²) in [6.07, 6.45) is 3.29. The standard InChI is InChI=1S/C19H21N3O4S/c1-2-25-17-10-13(5-8-16(17)26-12-15-4-3-9-27-15)11-20-22-19(24)18(23)21-14-6-7-14/h3-5,8-11,14H,2,6-7,12H2,1H3,(H,21,23)(H,22,24)/b20-11-. The second kappa shape index (κ2) is 9.18. The van der Waals surface area contributed by atoms with Gasteiger partial charge in [0.2, 0.25) is 0 Å². The number of nitrogens with zero attached hydrogens (tertiary/aromatic N) is 1. The van der Waals surface area contributed by atoms with E-state index in [1.54, 1.807) is 29.5 Å². The molecule has 0 spiro atoms. The number of carbonyl (C=O) groups excluding carboxylic acids is 2. The molecule has 1 aromatic heterocycles. The molecular formula is C19H21N3O4S. The zero-order chi connectivity index (χ0) is 19.1. The quantitative estimate of drug-likeness (QED) is 0.414. The molecular weight excluding hydrogens is 366 g/mol. The predicted molar refractivity (Wildman–Crippen MR) is 103 cm³/mol. The summed E-state index contributed by atoms with van der Waals surface area (Å²) < 4.78 is 11.5. The monoisotopic (exact) mass is 387 g/mol. The first-order valence-electron chi connectivity index (χ1n) is 8.71. The minimum Gasteiger partial charge on any atom is -0.490 e. The van der Waals surface area contributed by atoms with E-state index in [1.807, 2.05) is 24.4 Å². The highest BCUT2D eigenvalue weighted by molar-refractivity contribution is 7.09. The molecule has 0 atom stereocenters. The average Bonchev–Trinajstić information content (AvgIpc) is 3.32. The van der Waals surface area contributed by atoms with Gasteiger partial charge in [0, 0.05) is 10.9 Å². The van der Waals surface area contributed by atoms with Gasteiger partial charge in [0.05, 0.1) is 12.8 Å². The zero-order valence-corrected chi connectivity index (χ0v) is 15.8. The van der Waals surface area contributed by atoms with Crippen molar-refractivity contribution in [2.24, 2.45) is 5.10 Å². The van der Waals surface area contributed by atoms with Gasteiger partial charge in [-0.1, -0.05) is 6.07 Å². The lowest BCUT2D eigenvalue weighted by molar-refractivity contribution is -0.139. The van der Waals surface area contributed by atoms with Crippen molar-refractivity contribution in [1.29, 1.82) is 0 Å². The predicted octanol–water partition coefficient (Wildman–Crippen LogP) is 2.45. The maximum absolute atomic E-state index is 11.6. The molecule has 2 amide bonds. The van der Waals surface area contributed by atoms with Gasteiger partial charge < -0.3 is 14.8 Å². The topological polar surface area (TPSA) is 89.0 Å². The first-order valence-corrected chi connectivity index (χ1v) is 9.59. The maximum Gasteiger partial charge on any atom is 0.329 e. The third-order valence-corrected chi connectivity index (χ3v) is 4.57. The molecule has 0 unspecified atom stereocenters. The van der Waals surface area contributed by atoms with E-state index in [0.29, 0.717) is 30.3 Å². The van der Waals surface area contributed by atoms with E-state index in [0.717, 1.165) is 17.7 Å². The van der Waals surface area contributed by atoms with Gasteiger partial charge in [-0.2, -0.15) is 5.10 Å². The average molecular weight is 387 g/mol. The van der Waals surface area contributed by atoms with Crippen molar-refractivity contribution in [1.82, 2.24) is 10.7 Å². The van der Waals surface area contributed by atoms with Crippen molar-refractivity contribution in [2.75, 3.05) is 6.61 Å². The van der Waals surface area contributed by atoms with Crippen molar-refractivity contribution in [2.45, 2.75) is 32.4 Å². The van der Waals surface area contributed by atoms with E-state index >= 15 is 0 Å². The molecule has 8 heteroatoms. The van der Waals surface area contributed by atoms with E-state index in [2.05, 4.69) is 15.8 Å². The van der Waals surface area contributed by atoms with Crippen LogP contribution in [-0.2, 0) is 16.2 Å². The molecule has 0 bridgehead atoms. The molecule has 1 aliphatic carbocycles. The summed E-state index contributed by atoms with van der Waals surface area (Å²) in [5.74, 6) is -0.216. The number of hydrogen-bond donors (Lipinski definition) is 2. The molecule has 27 heavy (non-hydrogen) atoms. The molecule has 1 aliphatic rings. The highest BCUT2D eigenvalue weighted by Gasteiger charge is 2.26. The minimum absolute atomic E-state index is 0.128. The van der Waals surface area contributed by atoms with Gasteiger partial charge in [0.25, 0.3) is 0 Å². The zero-order valence-electron chi connectivity index (χ0n) is 14.9. The lowest BCUT2D eigenvalue weighted by Gasteiger charge is -2.12. The second-order valence-electron chi connectivity index (χ2n) is 5.95. The van der Waals surface area contributed by atoms with E-state index in [4.69, 9.17) is 9.47 Å². The van der Waals surface area contributed by atoms with Crippen LogP contribution in [0.5, 0.6) is 11.5 Å². The maximum atomic E-state index is 11.6. The fourth-order valence-corrected chi connectivity index (χ4v) is 2.85. The summed E-state index contributed by atoms with van der Waals surface area (Å²) in [5.41, 5.74) is 2.93. The van der Waals surface area contributed by atoms with Gasteiger partial charge in [0.15, 0.2) is 11.5 Å². The minimum atomic E-state index is -0.779. The number of thiophene rings is 1. The summed E-state index contributed by atoms with van der Waals surface area (Å²) >= 11 is 1.63. The number of hydrogen-bond acceptors (Lipinski definition) is 6. The Hall–Kier alpha value is -2.87. The Labute approximate surface area is 161 Å². The van der Waals surface area contributed by atoms with Crippen LogP contribution in [0.2, 0.25) is 0 Å². The van der Waals surface area contributed by atoms with Crippen LogP contribution in [-0.4, -0.2) is 30.7 Å². The molecule has 3 rings (SSSR count). The lowest BCUT2D eigenvalue weighted by atomic mass is 10.2. The summed E-state index contributed by atoms with van der Waals surface area (Å²) in [6, 6.07) is 9.48. The van der Waals surface area contributed by atoms with Crippen LogP contribution in [0.1, 0.15) is 30.2 Å². The molecule has 2 aromatic rings. The number of hydrazone groups is 1. The number of benzene rings is 1. The fraction of sp³-hybridized carbons (Fsp3) is 0.316. The van der Waals surface area contributed by atoms with Crippen LogP contribution in [0.15, 0.2) is 40.8 Å². The summed E-state index contributed by atoms with van der Waals surface area (Å²) in [6.45, 7) is 2.86. The third kappa shape index (κ3) is 5.82. The normalized spacial score (nSPS) is 13.4. The first-order chi connectivity index (χ1) is 13.2. The lowest BCUT2D eigenvalue weighted by Crippen LogP contribution is -2.38. The third-order valence-electron chi connectivity index (χ3n) is 3.72. The van der Waals surface area contributed by atoms with E-state index in [-0.39, 0.29) is 6.04 Å². The van der Waals surface area contributed by atoms with Gasteiger partial charge >= 0.3 is 11.8 Å². The Morgan fingerprint density at radius 1 is 1.22 bits per heavy atom. The largest absolute Gasteiger partial charge is 0.490 e. The highest BCUT2D eigenvalue weighted by atomic mass is 32.1. The summed E-state index contributed by atoms with van der Waals surface area (Å²) in [5, 5.41) is 8.43. The van der Waals surface area contributed by atoms with Crippen molar-refractivity contribution in [3.05, 3.63) is 46.2 Å². The SMILES string of the molecule is CCOc1cc(/C=N\NC(=O)C(=O)NC2CC2)ccc1OCc1cccs1. The Bertz CT molecular complexity index is 816. The smallest absolute Gasteiger partial charge is 0.329 e. The van der Waals surface area contributed by atoms with Gasteiger partial charge in [-0.25, -0.2) is 5.43 Å². The number of amides is 2. The Morgan fingerprint density at radius 3 is 2.78 bits per heavy atom. The molecule has 142 valence electrons. The fourth-order valence-electron chi connectivity index (χ4n) is 2.23. The van der Waals surface area contributed by atoms with E-state index in [1.165, 1.54) is 6.21 Å². The number of ether oxygens (including phenoxy) is 2. The van der Waals surface area contributed by atoms with Gasteiger partial charge in [-0.15, -0.1) is 11.3 Å². The van der Waals surface area contributed by atoms with Crippen LogP contribution < -0.4 is 20.2 Å². The molecule has 0 saturated heterocycles. The van der Waals surface area contributed by atoms with Crippen LogP contribution in [0.25, 0.3) is 0 Å². The Morgan fingerprint density at radius 2 is 2.07 bits per heavy atom. The van der Waals surface area contributed by atoms with Crippen LogP contribution in [0, 0.1) is 0 Å². The molecule has 1 fully saturated rings. The Kier molecular flexibility index (Phi) is 6.43. The molecule has 1 saturated carbocycles. The van der Waals surface area contributed by atoms with Crippen molar-refractivity contribution in [3.63, 3.8) is 0 Å². The van der Waals surface area contributed by atoms with Gasteiger partial charge in [0.1, 0.15) is 6.61 Å². The number of rotatable bonds is 8. The van der Waals surface area contributed by atoms with Crippen molar-refractivity contribution >= 4 is 29.4 Å². The molecule has 1 aromatic carbocycles. The molecule has 7 nitrogen and oxygen atoms in total. The van der Waals surface area contributed by atoms with Crippen LogP contribution in [0.3, 0.4) is 0 Å². The van der Waals surface area contributed by atoms with Gasteiger partial charge in [-0.3, -0.25) is 9.59 Å². The molecule has 2 N–H and O–H groups in total. The van der Waals surface area contributed by atoms with Crippen molar-refractivity contribution in [3.8, 4) is 11.5 Å². The molecule has 1 heterocycles. The van der Waals surface area contributed by atoms with E-state index in [9.17, 15) is 9.59 Å². The number of nitrogens with one attached hydrogen (secondary N) is 2. The molecule has 0 aliphatic heterocycles. The second-order valence-corrected chi connectivity index (χ2v) is 6.99. The van der Waals surface area contributed by atoms with Gasteiger partial charge in [-0.05, 0) is 55.0 Å². The van der Waals surface area contributed by atoms with Crippen molar-refractivity contribution < 1.29 is 19.1 Å². The first kappa shape index (κ1) is 18.9.